The summed E-state index contributed by atoms with van der Waals surface area (Å²) >= 11 is 0. The van der Waals surface area contributed by atoms with Crippen LogP contribution in [-0.4, -0.2) is 24.7 Å². The highest BCUT2D eigenvalue weighted by molar-refractivity contribution is 7.89. The standard InChI is InChI=1S/C13H20N4O3S/c1-10-12(9-14)13(11(2)20-10)21(18,19)16-6-4-8-17-7-3-5-15-17/h3,5,7,16H,4,6,8-9,14H2,1-2H3. The molecule has 21 heavy (non-hydrogen) atoms. The summed E-state index contributed by atoms with van der Waals surface area (Å²) in [5.41, 5.74) is 6.15. The Morgan fingerprint density at radius 2 is 2.14 bits per heavy atom. The smallest absolute Gasteiger partial charge is 0.244 e. The van der Waals surface area contributed by atoms with Crippen molar-refractivity contribution in [1.29, 1.82) is 0 Å². The zero-order chi connectivity index (χ0) is 15.5. The van der Waals surface area contributed by atoms with Gasteiger partial charge in [-0.05, 0) is 26.3 Å². The van der Waals surface area contributed by atoms with Gasteiger partial charge in [-0.25, -0.2) is 13.1 Å². The van der Waals surface area contributed by atoms with Crippen LogP contribution in [0.15, 0.2) is 27.8 Å². The van der Waals surface area contributed by atoms with Gasteiger partial charge in [0.05, 0.1) is 0 Å². The van der Waals surface area contributed by atoms with Gasteiger partial charge in [0.2, 0.25) is 10.0 Å². The van der Waals surface area contributed by atoms with E-state index in [4.69, 9.17) is 10.2 Å². The minimum absolute atomic E-state index is 0.132. The first-order valence-corrected chi connectivity index (χ1v) is 8.20. The van der Waals surface area contributed by atoms with E-state index in [2.05, 4.69) is 9.82 Å². The molecule has 0 atom stereocenters. The number of furan rings is 1. The number of aromatic nitrogens is 2. The van der Waals surface area contributed by atoms with Crippen LogP contribution >= 0.6 is 0 Å². The predicted octanol–water partition coefficient (Wildman–Crippen LogP) is 0.920. The van der Waals surface area contributed by atoms with Crippen LogP contribution in [0.2, 0.25) is 0 Å². The Kier molecular flexibility index (Phi) is 4.81. The van der Waals surface area contributed by atoms with Crippen molar-refractivity contribution < 1.29 is 12.8 Å². The lowest BCUT2D eigenvalue weighted by Gasteiger charge is -2.08. The van der Waals surface area contributed by atoms with E-state index in [0.717, 1.165) is 0 Å². The summed E-state index contributed by atoms with van der Waals surface area (Å²) in [7, 11) is -3.61. The van der Waals surface area contributed by atoms with E-state index in [-0.39, 0.29) is 11.4 Å². The number of sulfonamides is 1. The molecule has 3 N–H and O–H groups in total. The summed E-state index contributed by atoms with van der Waals surface area (Å²) in [4.78, 5) is 0.168. The van der Waals surface area contributed by atoms with Crippen molar-refractivity contribution in [3.63, 3.8) is 0 Å². The third-order valence-electron chi connectivity index (χ3n) is 3.21. The Hall–Kier alpha value is -1.64. The summed E-state index contributed by atoms with van der Waals surface area (Å²) in [5, 5.41) is 4.06. The highest BCUT2D eigenvalue weighted by Crippen LogP contribution is 2.25. The molecule has 2 rings (SSSR count). The summed E-state index contributed by atoms with van der Waals surface area (Å²) in [5.74, 6) is 0.916. The lowest BCUT2D eigenvalue weighted by molar-refractivity contribution is 0.493. The van der Waals surface area contributed by atoms with Gasteiger partial charge in [0, 0.05) is 37.6 Å². The average Bonchev–Trinajstić information content (AvgIpc) is 3.02. The van der Waals surface area contributed by atoms with Crippen LogP contribution in [0.5, 0.6) is 0 Å². The summed E-state index contributed by atoms with van der Waals surface area (Å²) in [6.07, 6.45) is 4.18. The predicted molar refractivity (Wildman–Crippen MR) is 78.1 cm³/mol. The fourth-order valence-corrected chi connectivity index (χ4v) is 3.78. The maximum atomic E-state index is 12.4. The third kappa shape index (κ3) is 3.52. The van der Waals surface area contributed by atoms with E-state index in [1.165, 1.54) is 0 Å². The molecule has 0 bridgehead atoms. The van der Waals surface area contributed by atoms with Gasteiger partial charge in [0.1, 0.15) is 16.4 Å². The van der Waals surface area contributed by atoms with Crippen molar-refractivity contribution in [1.82, 2.24) is 14.5 Å². The zero-order valence-corrected chi connectivity index (χ0v) is 13.0. The maximum absolute atomic E-state index is 12.4. The molecule has 2 aromatic heterocycles. The molecule has 0 radical (unpaired) electrons. The fourth-order valence-electron chi connectivity index (χ4n) is 2.25. The van der Waals surface area contributed by atoms with Crippen LogP contribution < -0.4 is 10.5 Å². The molecular formula is C13H20N4O3S. The van der Waals surface area contributed by atoms with Gasteiger partial charge in [0.25, 0.3) is 0 Å². The number of rotatable bonds is 7. The van der Waals surface area contributed by atoms with Crippen molar-refractivity contribution in [3.05, 3.63) is 35.5 Å². The van der Waals surface area contributed by atoms with Crippen LogP contribution in [0.4, 0.5) is 0 Å². The molecule has 0 aliphatic carbocycles. The van der Waals surface area contributed by atoms with Gasteiger partial charge in [-0.15, -0.1) is 0 Å². The average molecular weight is 312 g/mol. The van der Waals surface area contributed by atoms with E-state index in [1.807, 2.05) is 12.3 Å². The first-order chi connectivity index (χ1) is 9.95. The maximum Gasteiger partial charge on any atom is 0.244 e. The molecule has 2 heterocycles. The topological polar surface area (TPSA) is 103 Å². The molecular weight excluding hydrogens is 292 g/mol. The Bertz CT molecular complexity index is 689. The first-order valence-electron chi connectivity index (χ1n) is 6.71. The molecule has 2 aromatic rings. The van der Waals surface area contributed by atoms with Gasteiger partial charge in [-0.1, -0.05) is 0 Å². The minimum atomic E-state index is -3.61. The van der Waals surface area contributed by atoms with Crippen molar-refractivity contribution in [2.75, 3.05) is 6.54 Å². The summed E-state index contributed by atoms with van der Waals surface area (Å²) in [6, 6.07) is 1.83. The Morgan fingerprint density at radius 3 is 2.76 bits per heavy atom. The molecule has 0 spiro atoms. The SMILES string of the molecule is Cc1oc(C)c(S(=O)(=O)NCCCn2cccn2)c1CN. The largest absolute Gasteiger partial charge is 0.465 e. The van der Waals surface area contributed by atoms with Crippen molar-refractivity contribution in [3.8, 4) is 0 Å². The summed E-state index contributed by atoms with van der Waals surface area (Å²) < 4.78 is 34.4. The molecule has 7 nitrogen and oxygen atoms in total. The highest BCUT2D eigenvalue weighted by Gasteiger charge is 2.25. The molecule has 0 saturated heterocycles. The molecule has 0 aromatic carbocycles. The Morgan fingerprint density at radius 1 is 1.38 bits per heavy atom. The molecule has 0 unspecified atom stereocenters. The van der Waals surface area contributed by atoms with E-state index >= 15 is 0 Å². The fraction of sp³-hybridized carbons (Fsp3) is 0.462. The van der Waals surface area contributed by atoms with E-state index in [1.54, 1.807) is 24.7 Å². The molecule has 8 heteroatoms. The molecule has 0 amide bonds. The van der Waals surface area contributed by atoms with Crippen LogP contribution in [0, 0.1) is 13.8 Å². The van der Waals surface area contributed by atoms with Gasteiger partial charge in [0.15, 0.2) is 0 Å². The quantitative estimate of drug-likeness (QED) is 0.740. The van der Waals surface area contributed by atoms with Crippen molar-refractivity contribution >= 4 is 10.0 Å². The first kappa shape index (κ1) is 15.7. The van der Waals surface area contributed by atoms with Crippen molar-refractivity contribution in [2.45, 2.75) is 38.3 Å². The number of aryl methyl sites for hydroxylation is 3. The van der Waals surface area contributed by atoms with Crippen LogP contribution in [0.3, 0.4) is 0 Å². The number of nitrogens with zero attached hydrogens (tertiary/aromatic N) is 2. The van der Waals surface area contributed by atoms with Crippen LogP contribution in [-0.2, 0) is 23.1 Å². The van der Waals surface area contributed by atoms with E-state index in [0.29, 0.717) is 36.6 Å². The molecule has 0 aliphatic heterocycles. The second kappa shape index (κ2) is 6.42. The zero-order valence-electron chi connectivity index (χ0n) is 12.2. The summed E-state index contributed by atoms with van der Waals surface area (Å²) in [6.45, 7) is 4.46. The van der Waals surface area contributed by atoms with E-state index < -0.39 is 10.0 Å². The van der Waals surface area contributed by atoms with Crippen LogP contribution in [0.1, 0.15) is 23.5 Å². The van der Waals surface area contributed by atoms with Crippen LogP contribution in [0.25, 0.3) is 0 Å². The van der Waals surface area contributed by atoms with E-state index in [9.17, 15) is 8.42 Å². The third-order valence-corrected chi connectivity index (χ3v) is 4.87. The van der Waals surface area contributed by atoms with Gasteiger partial charge in [-0.3, -0.25) is 4.68 Å². The number of hydrogen-bond acceptors (Lipinski definition) is 5. The van der Waals surface area contributed by atoms with Gasteiger partial charge < -0.3 is 10.2 Å². The Balaban J connectivity index is 2.02. The number of nitrogens with one attached hydrogen (secondary N) is 1. The minimum Gasteiger partial charge on any atom is -0.465 e. The second-order valence-electron chi connectivity index (χ2n) is 4.75. The molecule has 0 aliphatic rings. The number of nitrogens with two attached hydrogens (primary N) is 1. The molecule has 0 saturated carbocycles. The second-order valence-corrected chi connectivity index (χ2v) is 6.45. The van der Waals surface area contributed by atoms with Gasteiger partial charge >= 0.3 is 0 Å². The lowest BCUT2D eigenvalue weighted by atomic mass is 10.2. The number of hydrogen-bond donors (Lipinski definition) is 2. The normalized spacial score (nSPS) is 12.0. The highest BCUT2D eigenvalue weighted by atomic mass is 32.2. The van der Waals surface area contributed by atoms with Crippen molar-refractivity contribution in [2.24, 2.45) is 5.73 Å². The monoisotopic (exact) mass is 312 g/mol. The molecule has 0 fully saturated rings. The Labute approximate surface area is 124 Å². The molecule has 116 valence electrons. The van der Waals surface area contributed by atoms with Gasteiger partial charge in [-0.2, -0.15) is 5.10 Å². The lowest BCUT2D eigenvalue weighted by Crippen LogP contribution is -2.27.